The van der Waals surface area contributed by atoms with Gasteiger partial charge in [-0.2, -0.15) is 18.3 Å². The summed E-state index contributed by atoms with van der Waals surface area (Å²) in [5, 5.41) is 4.31. The highest BCUT2D eigenvalue weighted by atomic mass is 19.4. The third kappa shape index (κ3) is 4.86. The Balaban J connectivity index is 1.62. The minimum absolute atomic E-state index is 0.325. The van der Waals surface area contributed by atoms with Crippen LogP contribution < -0.4 is 4.90 Å². The molecule has 0 amide bonds. The molecular formula is C24H27F3N6. The Morgan fingerprint density at radius 1 is 1.24 bits per heavy atom. The number of anilines is 1. The van der Waals surface area contributed by atoms with Gasteiger partial charge in [-0.25, -0.2) is 9.97 Å². The molecule has 9 heteroatoms. The Labute approximate surface area is 191 Å². The van der Waals surface area contributed by atoms with E-state index in [0.29, 0.717) is 29.1 Å². The van der Waals surface area contributed by atoms with E-state index >= 15 is 0 Å². The molecule has 0 radical (unpaired) electrons. The van der Waals surface area contributed by atoms with Gasteiger partial charge in [0.1, 0.15) is 5.82 Å². The van der Waals surface area contributed by atoms with Gasteiger partial charge in [-0.05, 0) is 43.0 Å². The molecule has 0 unspecified atom stereocenters. The van der Waals surface area contributed by atoms with Gasteiger partial charge in [-0.1, -0.05) is 19.6 Å². The SMILES string of the molecule is C=C1C=CC(C(F)(F)F)=CN1/C(=C\C)c1nccc(N2C[C@H](C)C[C@@H](c3cnn(C)c3)C2)n1. The highest BCUT2D eigenvalue weighted by Gasteiger charge is 2.35. The highest BCUT2D eigenvalue weighted by molar-refractivity contribution is 5.64. The maximum Gasteiger partial charge on any atom is 0.417 e. The summed E-state index contributed by atoms with van der Waals surface area (Å²) in [4.78, 5) is 12.7. The van der Waals surface area contributed by atoms with E-state index in [0.717, 1.165) is 37.6 Å². The summed E-state index contributed by atoms with van der Waals surface area (Å²) < 4.78 is 41.7. The predicted molar refractivity (Wildman–Crippen MR) is 122 cm³/mol. The van der Waals surface area contributed by atoms with Crippen LogP contribution in [0, 0.1) is 5.92 Å². The molecule has 0 N–H and O–H groups in total. The highest BCUT2D eigenvalue weighted by Crippen LogP contribution is 2.35. The molecule has 2 aliphatic rings. The first kappa shape index (κ1) is 22.8. The third-order valence-electron chi connectivity index (χ3n) is 5.94. The van der Waals surface area contributed by atoms with Gasteiger partial charge in [0, 0.05) is 50.3 Å². The number of piperidine rings is 1. The fraction of sp³-hybridized carbons (Fsp3) is 0.375. The number of nitrogens with zero attached hydrogens (tertiary/aromatic N) is 6. The first-order valence-corrected chi connectivity index (χ1v) is 10.8. The molecule has 174 valence electrons. The van der Waals surface area contributed by atoms with Gasteiger partial charge < -0.3 is 9.80 Å². The number of rotatable bonds is 4. The van der Waals surface area contributed by atoms with Crippen LogP contribution in [0.3, 0.4) is 0 Å². The second-order valence-electron chi connectivity index (χ2n) is 8.58. The Kier molecular flexibility index (Phi) is 6.14. The van der Waals surface area contributed by atoms with Gasteiger partial charge in [-0.15, -0.1) is 0 Å². The maximum absolute atomic E-state index is 13.3. The van der Waals surface area contributed by atoms with Crippen LogP contribution in [0.15, 0.2) is 66.9 Å². The van der Waals surface area contributed by atoms with Crippen molar-refractivity contribution >= 4 is 11.5 Å². The lowest BCUT2D eigenvalue weighted by atomic mass is 9.87. The standard InChI is InChI=1S/C24H27F3N6/c1-5-21(33-15-20(24(25,26)27)7-6-17(33)3)23-28-9-8-22(30-23)32-12-16(2)10-18(14-32)19-11-29-31(4)13-19/h5-9,11,13,15-16,18H,3,10,12,14H2,1-2,4H3/b21-5-/t16-,18-/m1/s1. The van der Waals surface area contributed by atoms with E-state index in [9.17, 15) is 13.2 Å². The number of allylic oxidation sites excluding steroid dienone is 4. The predicted octanol–water partition coefficient (Wildman–Crippen LogP) is 5.03. The van der Waals surface area contributed by atoms with Gasteiger partial charge in [-0.3, -0.25) is 4.68 Å². The summed E-state index contributed by atoms with van der Waals surface area (Å²) in [7, 11) is 1.91. The van der Waals surface area contributed by atoms with Crippen molar-refractivity contribution in [2.75, 3.05) is 18.0 Å². The molecule has 1 fully saturated rings. The minimum atomic E-state index is -4.46. The second kappa shape index (κ2) is 8.88. The molecule has 2 aliphatic heterocycles. The minimum Gasteiger partial charge on any atom is -0.356 e. The summed E-state index contributed by atoms with van der Waals surface area (Å²) in [5.41, 5.74) is 1.29. The first-order chi connectivity index (χ1) is 15.7. The Morgan fingerprint density at radius 2 is 2.03 bits per heavy atom. The van der Waals surface area contributed by atoms with Gasteiger partial charge >= 0.3 is 6.18 Å². The van der Waals surface area contributed by atoms with Gasteiger partial charge in [0.05, 0.1) is 17.5 Å². The molecule has 4 heterocycles. The summed E-state index contributed by atoms with van der Waals surface area (Å²) in [6, 6.07) is 1.84. The quantitative estimate of drug-likeness (QED) is 0.646. The molecule has 33 heavy (non-hydrogen) atoms. The van der Waals surface area contributed by atoms with E-state index in [1.165, 1.54) is 16.5 Å². The summed E-state index contributed by atoms with van der Waals surface area (Å²) in [6.07, 6.45) is 7.32. The van der Waals surface area contributed by atoms with Crippen LogP contribution in [-0.4, -0.2) is 43.9 Å². The number of hydrogen-bond donors (Lipinski definition) is 0. The van der Waals surface area contributed by atoms with Crippen LogP contribution in [-0.2, 0) is 7.05 Å². The zero-order chi connectivity index (χ0) is 23.8. The first-order valence-electron chi connectivity index (χ1n) is 10.8. The maximum atomic E-state index is 13.3. The normalized spacial score (nSPS) is 22.1. The monoisotopic (exact) mass is 456 g/mol. The zero-order valence-corrected chi connectivity index (χ0v) is 18.9. The molecule has 0 spiro atoms. The smallest absolute Gasteiger partial charge is 0.356 e. The lowest BCUT2D eigenvalue weighted by Gasteiger charge is -2.37. The average Bonchev–Trinajstić information content (AvgIpc) is 3.21. The van der Waals surface area contributed by atoms with Crippen LogP contribution in [0.4, 0.5) is 19.0 Å². The topological polar surface area (TPSA) is 50.1 Å². The van der Waals surface area contributed by atoms with Crippen molar-refractivity contribution in [1.82, 2.24) is 24.6 Å². The van der Waals surface area contributed by atoms with Crippen molar-refractivity contribution in [2.45, 2.75) is 32.4 Å². The van der Waals surface area contributed by atoms with E-state index in [1.54, 1.807) is 19.2 Å². The molecule has 6 nitrogen and oxygen atoms in total. The number of alkyl halides is 3. The average molecular weight is 457 g/mol. The van der Waals surface area contributed by atoms with Crippen LogP contribution >= 0.6 is 0 Å². The largest absolute Gasteiger partial charge is 0.417 e. The number of hydrogen-bond acceptors (Lipinski definition) is 5. The van der Waals surface area contributed by atoms with Crippen LogP contribution in [0.2, 0.25) is 0 Å². The lowest BCUT2D eigenvalue weighted by molar-refractivity contribution is -0.0891. The van der Waals surface area contributed by atoms with E-state index in [2.05, 4.69) is 28.5 Å². The fourth-order valence-corrected chi connectivity index (χ4v) is 4.38. The molecule has 0 saturated carbocycles. The van der Waals surface area contributed by atoms with Crippen molar-refractivity contribution in [3.63, 3.8) is 0 Å². The van der Waals surface area contributed by atoms with Gasteiger partial charge in [0.2, 0.25) is 0 Å². The molecule has 2 aromatic heterocycles. The van der Waals surface area contributed by atoms with Crippen molar-refractivity contribution in [3.8, 4) is 0 Å². The molecule has 2 atom stereocenters. The molecule has 2 aromatic rings. The van der Waals surface area contributed by atoms with Gasteiger partial charge in [0.15, 0.2) is 5.82 Å². The van der Waals surface area contributed by atoms with E-state index in [-0.39, 0.29) is 0 Å². The summed E-state index contributed by atoms with van der Waals surface area (Å²) >= 11 is 0. The summed E-state index contributed by atoms with van der Waals surface area (Å²) in [6.45, 7) is 9.48. The van der Waals surface area contributed by atoms with Crippen molar-refractivity contribution in [1.29, 1.82) is 0 Å². The fourth-order valence-electron chi connectivity index (χ4n) is 4.38. The van der Waals surface area contributed by atoms with Crippen LogP contribution in [0.25, 0.3) is 5.70 Å². The number of aryl methyl sites for hydroxylation is 1. The molecule has 0 aromatic carbocycles. The number of aromatic nitrogens is 4. The molecular weight excluding hydrogens is 429 g/mol. The Bertz CT molecular complexity index is 1130. The van der Waals surface area contributed by atoms with Crippen molar-refractivity contribution in [2.24, 2.45) is 13.0 Å². The Hall–Kier alpha value is -3.36. The third-order valence-corrected chi connectivity index (χ3v) is 5.94. The van der Waals surface area contributed by atoms with Crippen molar-refractivity contribution in [3.05, 3.63) is 78.3 Å². The zero-order valence-electron chi connectivity index (χ0n) is 18.9. The van der Waals surface area contributed by atoms with E-state index < -0.39 is 11.7 Å². The molecule has 0 bridgehead atoms. The Morgan fingerprint density at radius 3 is 2.70 bits per heavy atom. The lowest BCUT2D eigenvalue weighted by Crippen LogP contribution is -2.39. The second-order valence-corrected chi connectivity index (χ2v) is 8.58. The number of halogens is 3. The van der Waals surface area contributed by atoms with Crippen LogP contribution in [0.5, 0.6) is 0 Å². The van der Waals surface area contributed by atoms with Gasteiger partial charge in [0.25, 0.3) is 0 Å². The summed E-state index contributed by atoms with van der Waals surface area (Å²) in [5.74, 6) is 1.87. The molecule has 1 saturated heterocycles. The van der Waals surface area contributed by atoms with Crippen molar-refractivity contribution < 1.29 is 13.2 Å². The molecule has 4 rings (SSSR count). The van der Waals surface area contributed by atoms with E-state index in [4.69, 9.17) is 4.98 Å². The van der Waals surface area contributed by atoms with E-state index in [1.807, 2.05) is 30.2 Å². The van der Waals surface area contributed by atoms with Crippen LogP contribution in [0.1, 0.15) is 37.6 Å². The molecule has 0 aliphatic carbocycles.